The van der Waals surface area contributed by atoms with E-state index in [4.69, 9.17) is 12.2 Å². The molecule has 1 nitrogen and oxygen atoms in total. The number of nitrogens with one attached hydrogen (secondary N) is 1. The van der Waals surface area contributed by atoms with E-state index in [0.717, 1.165) is 10.2 Å². The van der Waals surface area contributed by atoms with Crippen LogP contribution in [0.2, 0.25) is 0 Å². The van der Waals surface area contributed by atoms with Gasteiger partial charge in [-0.3, -0.25) is 0 Å². The first kappa shape index (κ1) is 9.41. The molecule has 1 aromatic heterocycles. The summed E-state index contributed by atoms with van der Waals surface area (Å²) in [6.45, 7) is 6.26. The van der Waals surface area contributed by atoms with Crippen LogP contribution in [0.4, 0.5) is 0 Å². The normalized spacial score (nSPS) is 10.8. The highest BCUT2D eigenvalue weighted by Crippen LogP contribution is 2.21. The first-order chi connectivity index (χ1) is 6.59. The number of aryl methyl sites for hydroxylation is 3. The molecular weight excluding hydrogens is 190 g/mol. The van der Waals surface area contributed by atoms with Crippen LogP contribution in [-0.4, -0.2) is 4.98 Å². The Morgan fingerprint density at radius 3 is 2.36 bits per heavy atom. The topological polar surface area (TPSA) is 15.8 Å². The Kier molecular flexibility index (Phi) is 2.16. The summed E-state index contributed by atoms with van der Waals surface area (Å²) in [6, 6.07) is 6.43. The van der Waals surface area contributed by atoms with Gasteiger partial charge in [-0.25, -0.2) is 0 Å². The summed E-state index contributed by atoms with van der Waals surface area (Å²) in [7, 11) is 0. The van der Waals surface area contributed by atoms with Crippen molar-refractivity contribution in [1.82, 2.24) is 4.98 Å². The van der Waals surface area contributed by atoms with Crippen molar-refractivity contribution >= 4 is 23.1 Å². The quantitative estimate of drug-likeness (QED) is 0.643. The van der Waals surface area contributed by atoms with Crippen molar-refractivity contribution in [3.63, 3.8) is 0 Å². The lowest BCUT2D eigenvalue weighted by molar-refractivity contribution is 1.27. The molecule has 0 saturated carbocycles. The van der Waals surface area contributed by atoms with Crippen LogP contribution in [0.3, 0.4) is 0 Å². The zero-order valence-electron chi connectivity index (χ0n) is 8.64. The maximum Gasteiger partial charge on any atom is 0.106 e. The number of aromatic amines is 1. The van der Waals surface area contributed by atoms with Crippen LogP contribution >= 0.6 is 12.2 Å². The van der Waals surface area contributed by atoms with Gasteiger partial charge in [0.25, 0.3) is 0 Å². The Balaban J connectivity index is 3.01. The van der Waals surface area contributed by atoms with Crippen LogP contribution in [0.1, 0.15) is 16.7 Å². The van der Waals surface area contributed by atoms with Crippen LogP contribution in [0.5, 0.6) is 0 Å². The second-order valence-corrected chi connectivity index (χ2v) is 4.18. The summed E-state index contributed by atoms with van der Waals surface area (Å²) in [6.07, 6.45) is 0. The fourth-order valence-corrected chi connectivity index (χ4v) is 1.84. The zero-order valence-corrected chi connectivity index (χ0v) is 9.46. The van der Waals surface area contributed by atoms with E-state index in [1.165, 1.54) is 22.0 Å². The molecule has 0 aliphatic rings. The molecule has 2 aromatic rings. The fraction of sp³-hybridized carbons (Fsp3) is 0.250. The van der Waals surface area contributed by atoms with E-state index in [0.29, 0.717) is 0 Å². The van der Waals surface area contributed by atoms with Crippen molar-refractivity contribution in [3.05, 3.63) is 39.5 Å². The molecule has 2 heteroatoms. The number of benzene rings is 1. The zero-order chi connectivity index (χ0) is 10.3. The second kappa shape index (κ2) is 3.21. The number of hydrogen-bond donors (Lipinski definition) is 1. The monoisotopic (exact) mass is 203 g/mol. The average molecular weight is 203 g/mol. The highest BCUT2D eigenvalue weighted by molar-refractivity contribution is 7.71. The highest BCUT2D eigenvalue weighted by Gasteiger charge is 2.01. The van der Waals surface area contributed by atoms with E-state index in [9.17, 15) is 0 Å². The standard InChI is InChI=1S/C12H13NS/c1-7-4-5-8(2)11-10(7)6-9(3)12(14)13-11/h4-6H,1-3H3,(H,13,14). The molecule has 0 aliphatic heterocycles. The maximum absolute atomic E-state index is 5.23. The number of aromatic nitrogens is 1. The molecular formula is C12H13NS. The molecule has 0 radical (unpaired) electrons. The van der Waals surface area contributed by atoms with Crippen molar-refractivity contribution in [2.24, 2.45) is 0 Å². The van der Waals surface area contributed by atoms with Crippen LogP contribution in [0.25, 0.3) is 10.9 Å². The van der Waals surface area contributed by atoms with Gasteiger partial charge >= 0.3 is 0 Å². The van der Waals surface area contributed by atoms with E-state index in [1.54, 1.807) is 0 Å². The van der Waals surface area contributed by atoms with Gasteiger partial charge in [-0.05, 0) is 43.5 Å². The molecule has 0 amide bonds. The minimum Gasteiger partial charge on any atom is -0.346 e. The van der Waals surface area contributed by atoms with Gasteiger partial charge in [0.2, 0.25) is 0 Å². The minimum absolute atomic E-state index is 0.839. The SMILES string of the molecule is Cc1cc2c(C)ccc(C)c2[nH]c1=S. The summed E-state index contributed by atoms with van der Waals surface area (Å²) in [5.74, 6) is 0. The molecule has 0 saturated heterocycles. The Hall–Kier alpha value is -1.15. The van der Waals surface area contributed by atoms with Crippen molar-refractivity contribution in [2.75, 3.05) is 0 Å². The third-order valence-corrected chi connectivity index (χ3v) is 3.05. The Bertz CT molecular complexity index is 552. The van der Waals surface area contributed by atoms with Crippen molar-refractivity contribution < 1.29 is 0 Å². The molecule has 0 aliphatic carbocycles. The number of rotatable bonds is 0. The van der Waals surface area contributed by atoms with Gasteiger partial charge in [-0.15, -0.1) is 0 Å². The third-order valence-electron chi connectivity index (χ3n) is 2.63. The number of pyridine rings is 1. The van der Waals surface area contributed by atoms with Gasteiger partial charge in [0.1, 0.15) is 4.64 Å². The molecule has 72 valence electrons. The Morgan fingerprint density at radius 2 is 1.64 bits per heavy atom. The predicted molar refractivity (Wildman–Crippen MR) is 63.3 cm³/mol. The van der Waals surface area contributed by atoms with Crippen molar-refractivity contribution in [2.45, 2.75) is 20.8 Å². The summed E-state index contributed by atoms with van der Waals surface area (Å²) in [4.78, 5) is 3.28. The third kappa shape index (κ3) is 1.36. The van der Waals surface area contributed by atoms with E-state index < -0.39 is 0 Å². The van der Waals surface area contributed by atoms with Crippen LogP contribution < -0.4 is 0 Å². The molecule has 1 aromatic carbocycles. The van der Waals surface area contributed by atoms with Gasteiger partial charge in [0.05, 0.1) is 0 Å². The number of fused-ring (bicyclic) bond motifs is 1. The Labute approximate surface area is 88.8 Å². The average Bonchev–Trinajstić information content (AvgIpc) is 2.15. The smallest absolute Gasteiger partial charge is 0.106 e. The summed E-state index contributed by atoms with van der Waals surface area (Å²) < 4.78 is 0.839. The maximum atomic E-state index is 5.23. The van der Waals surface area contributed by atoms with Gasteiger partial charge < -0.3 is 4.98 Å². The first-order valence-electron chi connectivity index (χ1n) is 4.69. The number of H-pyrrole nitrogens is 1. The molecule has 2 rings (SSSR count). The molecule has 1 heterocycles. The van der Waals surface area contributed by atoms with Crippen molar-refractivity contribution in [3.8, 4) is 0 Å². The summed E-state index contributed by atoms with van der Waals surface area (Å²) in [5, 5.41) is 1.27. The van der Waals surface area contributed by atoms with Crippen molar-refractivity contribution in [1.29, 1.82) is 0 Å². The number of hydrogen-bond acceptors (Lipinski definition) is 1. The molecule has 14 heavy (non-hydrogen) atoms. The Morgan fingerprint density at radius 1 is 1.00 bits per heavy atom. The summed E-state index contributed by atoms with van der Waals surface area (Å²) in [5.41, 5.74) is 4.85. The lowest BCUT2D eigenvalue weighted by atomic mass is 10.0. The van der Waals surface area contributed by atoms with Gasteiger partial charge in [-0.1, -0.05) is 24.4 Å². The van der Waals surface area contributed by atoms with E-state index in [1.807, 2.05) is 6.92 Å². The second-order valence-electron chi connectivity index (χ2n) is 3.77. The van der Waals surface area contributed by atoms with E-state index >= 15 is 0 Å². The van der Waals surface area contributed by atoms with Gasteiger partial charge in [-0.2, -0.15) is 0 Å². The molecule has 0 spiro atoms. The van der Waals surface area contributed by atoms with Crippen LogP contribution in [0.15, 0.2) is 18.2 Å². The lowest BCUT2D eigenvalue weighted by Crippen LogP contribution is -1.89. The van der Waals surface area contributed by atoms with E-state index in [2.05, 4.69) is 37.0 Å². The predicted octanol–water partition coefficient (Wildman–Crippen LogP) is 3.82. The molecule has 0 fully saturated rings. The minimum atomic E-state index is 0.839. The lowest BCUT2D eigenvalue weighted by Gasteiger charge is -2.06. The molecule has 1 N–H and O–H groups in total. The fourth-order valence-electron chi connectivity index (χ4n) is 1.68. The van der Waals surface area contributed by atoms with Crippen LogP contribution in [0, 0.1) is 25.4 Å². The highest BCUT2D eigenvalue weighted by atomic mass is 32.1. The molecule has 0 bridgehead atoms. The first-order valence-corrected chi connectivity index (χ1v) is 5.10. The van der Waals surface area contributed by atoms with Gasteiger partial charge in [0.15, 0.2) is 0 Å². The van der Waals surface area contributed by atoms with E-state index in [-0.39, 0.29) is 0 Å². The molecule has 0 unspecified atom stereocenters. The van der Waals surface area contributed by atoms with Crippen LogP contribution in [-0.2, 0) is 0 Å². The summed E-state index contributed by atoms with van der Waals surface area (Å²) >= 11 is 5.23. The molecule has 0 atom stereocenters. The largest absolute Gasteiger partial charge is 0.346 e. The van der Waals surface area contributed by atoms with Gasteiger partial charge in [0, 0.05) is 10.9 Å².